The van der Waals surface area contributed by atoms with Gasteiger partial charge in [0.05, 0.1) is 12.8 Å². The number of nitrogens with two attached hydrogens (primary N) is 1. The van der Waals surface area contributed by atoms with E-state index >= 15 is 0 Å². The molecule has 0 amide bonds. The summed E-state index contributed by atoms with van der Waals surface area (Å²) in [6, 6.07) is 4.94. The maximum atomic E-state index is 10.6. The van der Waals surface area contributed by atoms with E-state index in [2.05, 4.69) is 4.52 Å². The van der Waals surface area contributed by atoms with Crippen LogP contribution >= 0.6 is 7.82 Å². The second-order valence-electron chi connectivity index (χ2n) is 4.37. The molecule has 20 heavy (non-hydrogen) atoms. The number of pyridine rings is 1. The predicted molar refractivity (Wildman–Crippen MR) is 65.0 cm³/mol. The van der Waals surface area contributed by atoms with E-state index in [1.54, 1.807) is 24.4 Å². The fourth-order valence-electron chi connectivity index (χ4n) is 1.97. The molecule has 0 spiro atoms. The largest absolute Gasteiger partial charge is 0.469 e. The van der Waals surface area contributed by atoms with E-state index in [0.29, 0.717) is 5.82 Å². The molecule has 4 atom stereocenters. The number of ether oxygens (including phenoxy) is 1. The molecule has 0 aromatic carbocycles. The summed E-state index contributed by atoms with van der Waals surface area (Å²) < 4.78 is 21.7. The van der Waals surface area contributed by atoms with Crippen molar-refractivity contribution in [2.75, 3.05) is 12.3 Å². The van der Waals surface area contributed by atoms with E-state index in [0.717, 1.165) is 0 Å². The smallest absolute Gasteiger partial charge is 0.387 e. The second-order valence-corrected chi connectivity index (χ2v) is 5.60. The van der Waals surface area contributed by atoms with Crippen molar-refractivity contribution in [3.8, 4) is 0 Å². The van der Waals surface area contributed by atoms with Crippen LogP contribution in [0.2, 0.25) is 0 Å². The number of aliphatic hydroxyl groups is 2. The van der Waals surface area contributed by atoms with E-state index in [1.807, 2.05) is 0 Å². The van der Waals surface area contributed by atoms with Crippen LogP contribution in [-0.2, 0) is 13.8 Å². The van der Waals surface area contributed by atoms with E-state index in [1.165, 1.54) is 4.57 Å². The van der Waals surface area contributed by atoms with Crippen molar-refractivity contribution in [2.45, 2.75) is 24.5 Å². The van der Waals surface area contributed by atoms with Gasteiger partial charge in [0.25, 0.3) is 5.82 Å². The third kappa shape index (κ3) is 3.33. The highest BCUT2D eigenvalue weighted by atomic mass is 31.2. The lowest BCUT2D eigenvalue weighted by Gasteiger charge is -2.14. The first-order valence-corrected chi connectivity index (χ1v) is 7.30. The average molecular weight is 307 g/mol. The van der Waals surface area contributed by atoms with Gasteiger partial charge in [-0.3, -0.25) is 10.3 Å². The van der Waals surface area contributed by atoms with Crippen molar-refractivity contribution in [3.63, 3.8) is 0 Å². The lowest BCUT2D eigenvalue weighted by atomic mass is 10.1. The number of phosphoric ester groups is 1. The fraction of sp³-hybridized carbons (Fsp3) is 0.500. The highest BCUT2D eigenvalue weighted by Gasteiger charge is 2.47. The van der Waals surface area contributed by atoms with Crippen LogP contribution in [-0.4, -0.2) is 44.9 Å². The summed E-state index contributed by atoms with van der Waals surface area (Å²) in [7, 11) is -4.67. The molecular weight excluding hydrogens is 291 g/mol. The van der Waals surface area contributed by atoms with E-state index in [9.17, 15) is 14.8 Å². The molecule has 0 bridgehead atoms. The van der Waals surface area contributed by atoms with E-state index < -0.39 is 39.0 Å². The minimum Gasteiger partial charge on any atom is -0.387 e. The van der Waals surface area contributed by atoms with Crippen LogP contribution in [0.3, 0.4) is 0 Å². The third-order valence-electron chi connectivity index (χ3n) is 2.94. The zero-order valence-electron chi connectivity index (χ0n) is 10.3. The van der Waals surface area contributed by atoms with Gasteiger partial charge >= 0.3 is 7.82 Å². The van der Waals surface area contributed by atoms with Crippen molar-refractivity contribution in [1.82, 2.24) is 0 Å². The summed E-state index contributed by atoms with van der Waals surface area (Å²) in [5.74, 6) is 0.306. The highest BCUT2D eigenvalue weighted by Crippen LogP contribution is 2.37. The molecule has 1 aliphatic heterocycles. The Morgan fingerprint density at radius 1 is 1.35 bits per heavy atom. The first kappa shape index (κ1) is 15.3. The zero-order chi connectivity index (χ0) is 14.9. The van der Waals surface area contributed by atoms with Crippen LogP contribution in [0.5, 0.6) is 0 Å². The number of rotatable bonds is 4. The summed E-state index contributed by atoms with van der Waals surface area (Å²) in [5, 5.41) is 19.7. The zero-order valence-corrected chi connectivity index (χ0v) is 11.2. The first-order chi connectivity index (χ1) is 9.29. The number of hydrogen-bond acceptors (Lipinski definition) is 6. The average Bonchev–Trinajstić information content (AvgIpc) is 2.64. The van der Waals surface area contributed by atoms with Crippen LogP contribution in [0, 0.1) is 0 Å². The molecular formula is C10H16N2O7P+. The quantitative estimate of drug-likeness (QED) is 0.326. The molecule has 9 nitrogen and oxygen atoms in total. The van der Waals surface area contributed by atoms with Crippen LogP contribution in [0.1, 0.15) is 6.23 Å². The Hall–Kier alpha value is -1.06. The minimum absolute atomic E-state index is 0.306. The van der Waals surface area contributed by atoms with Gasteiger partial charge in [-0.1, -0.05) is 6.07 Å². The maximum Gasteiger partial charge on any atom is 0.469 e. The Labute approximate surface area is 114 Å². The van der Waals surface area contributed by atoms with Gasteiger partial charge in [-0.25, -0.2) is 9.13 Å². The van der Waals surface area contributed by atoms with Gasteiger partial charge in [-0.05, 0) is 6.07 Å². The molecule has 6 N–H and O–H groups in total. The summed E-state index contributed by atoms with van der Waals surface area (Å²) in [6.45, 7) is -0.549. The molecule has 1 fully saturated rings. The molecule has 0 saturated carbocycles. The van der Waals surface area contributed by atoms with Crippen LogP contribution < -0.4 is 10.3 Å². The molecule has 10 heteroatoms. The SMILES string of the molecule is Nc1cccc[n+]1[C@@H]1O[C@H](COP(=O)(O)O)[C@@H](O)[C@H]1O. The summed E-state index contributed by atoms with van der Waals surface area (Å²) in [4.78, 5) is 17.2. The summed E-state index contributed by atoms with van der Waals surface area (Å²) >= 11 is 0. The van der Waals surface area contributed by atoms with Crippen molar-refractivity contribution < 1.29 is 38.4 Å². The van der Waals surface area contributed by atoms with Gasteiger partial charge in [0.1, 0.15) is 18.3 Å². The van der Waals surface area contributed by atoms with Gasteiger partial charge in [0, 0.05) is 6.07 Å². The topological polar surface area (TPSA) is 146 Å². The third-order valence-corrected chi connectivity index (χ3v) is 3.43. The van der Waals surface area contributed by atoms with Gasteiger partial charge in [-0.15, -0.1) is 0 Å². The van der Waals surface area contributed by atoms with Crippen LogP contribution in [0.25, 0.3) is 0 Å². The molecule has 0 radical (unpaired) electrons. The molecule has 2 rings (SSSR count). The van der Waals surface area contributed by atoms with Crippen molar-refractivity contribution >= 4 is 13.6 Å². The molecule has 112 valence electrons. The lowest BCUT2D eigenvalue weighted by Crippen LogP contribution is -2.47. The van der Waals surface area contributed by atoms with E-state index in [4.69, 9.17) is 20.3 Å². The van der Waals surface area contributed by atoms with Crippen molar-refractivity contribution in [1.29, 1.82) is 0 Å². The Morgan fingerprint density at radius 3 is 2.65 bits per heavy atom. The number of aliphatic hydroxyl groups excluding tert-OH is 2. The second kappa shape index (κ2) is 5.74. The fourth-order valence-corrected chi connectivity index (χ4v) is 2.31. The molecule has 1 aliphatic rings. The minimum atomic E-state index is -4.67. The normalized spacial score (nSPS) is 30.6. The lowest BCUT2D eigenvalue weighted by molar-refractivity contribution is -0.753. The Kier molecular flexibility index (Phi) is 4.40. The van der Waals surface area contributed by atoms with Crippen molar-refractivity contribution in [2.24, 2.45) is 0 Å². The summed E-state index contributed by atoms with van der Waals surface area (Å²) in [6.07, 6.45) is -3.12. The van der Waals surface area contributed by atoms with Gasteiger partial charge in [-0.2, -0.15) is 0 Å². The number of anilines is 1. The van der Waals surface area contributed by atoms with Crippen LogP contribution in [0.15, 0.2) is 24.4 Å². The Balaban J connectivity index is 2.11. The predicted octanol–water partition coefficient (Wildman–Crippen LogP) is -1.72. The van der Waals surface area contributed by atoms with Crippen LogP contribution in [0.4, 0.5) is 5.82 Å². The standard InChI is InChI=1S/C10H15N2O7P/c11-7-3-1-2-4-12(7)10-9(14)8(13)6(19-10)5-18-20(15,16)17/h1-4,6,8-11,13-14H,5H2,(H2,15,16,17)/p+1/t6-,8-,9-,10-/m1/s1. The number of phosphoric acid groups is 1. The number of hydrogen-bond donors (Lipinski definition) is 5. The Morgan fingerprint density at radius 2 is 2.05 bits per heavy atom. The molecule has 1 saturated heterocycles. The highest BCUT2D eigenvalue weighted by molar-refractivity contribution is 7.46. The number of nitrogens with zero attached hydrogens (tertiary/aromatic N) is 1. The molecule has 2 heterocycles. The summed E-state index contributed by atoms with van der Waals surface area (Å²) in [5.41, 5.74) is 5.73. The van der Waals surface area contributed by atoms with E-state index in [-0.39, 0.29) is 0 Å². The Bertz CT molecular complexity index is 522. The van der Waals surface area contributed by atoms with Gasteiger partial charge < -0.3 is 24.7 Å². The number of nitrogen functional groups attached to an aromatic ring is 1. The molecule has 1 aromatic rings. The van der Waals surface area contributed by atoms with Gasteiger partial charge in [0.15, 0.2) is 0 Å². The molecule has 0 aliphatic carbocycles. The molecule has 0 unspecified atom stereocenters. The first-order valence-electron chi connectivity index (χ1n) is 5.77. The van der Waals surface area contributed by atoms with Crippen molar-refractivity contribution in [3.05, 3.63) is 24.4 Å². The van der Waals surface area contributed by atoms with Gasteiger partial charge in [0.2, 0.25) is 6.23 Å². The number of aromatic nitrogens is 1. The maximum absolute atomic E-state index is 10.6. The monoisotopic (exact) mass is 307 g/mol. The molecule has 1 aromatic heterocycles.